The number of ether oxygens (including phenoxy) is 1. The van der Waals surface area contributed by atoms with Gasteiger partial charge in [-0.2, -0.15) is 0 Å². The number of carbonyl (C=O) groups is 1. The van der Waals surface area contributed by atoms with Crippen LogP contribution in [-0.4, -0.2) is 61.6 Å². The Morgan fingerprint density at radius 2 is 2.04 bits per heavy atom. The first-order valence-corrected chi connectivity index (χ1v) is 10.1. The van der Waals surface area contributed by atoms with Crippen molar-refractivity contribution in [3.8, 4) is 5.75 Å². The fourth-order valence-corrected chi connectivity index (χ4v) is 4.12. The van der Waals surface area contributed by atoms with Crippen LogP contribution >= 0.6 is 0 Å². The molecule has 2 heterocycles. The van der Waals surface area contributed by atoms with E-state index in [0.717, 1.165) is 51.2 Å². The van der Waals surface area contributed by atoms with E-state index >= 15 is 0 Å². The Balaban J connectivity index is 1.39. The van der Waals surface area contributed by atoms with E-state index in [1.807, 2.05) is 12.1 Å². The average Bonchev–Trinajstić information content (AvgIpc) is 3.04. The molecule has 5 heteroatoms. The number of methoxy groups -OCH3 is 1. The Labute approximate surface area is 157 Å². The van der Waals surface area contributed by atoms with Crippen LogP contribution in [-0.2, 0) is 11.3 Å². The van der Waals surface area contributed by atoms with Crippen LogP contribution < -0.4 is 10.1 Å². The molecule has 2 aliphatic rings. The molecule has 0 spiro atoms. The van der Waals surface area contributed by atoms with E-state index < -0.39 is 0 Å². The van der Waals surface area contributed by atoms with Crippen LogP contribution in [0.15, 0.2) is 24.3 Å². The third kappa shape index (κ3) is 5.45. The van der Waals surface area contributed by atoms with Gasteiger partial charge in [0.15, 0.2) is 0 Å². The second kappa shape index (κ2) is 9.93. The zero-order chi connectivity index (χ0) is 18.2. The Morgan fingerprint density at radius 3 is 2.85 bits per heavy atom. The lowest BCUT2D eigenvalue weighted by Crippen LogP contribution is -2.42. The summed E-state index contributed by atoms with van der Waals surface area (Å²) in [5.74, 6) is 1.24. The van der Waals surface area contributed by atoms with Crippen molar-refractivity contribution in [1.82, 2.24) is 15.1 Å². The minimum absolute atomic E-state index is 0.347. The monoisotopic (exact) mass is 359 g/mol. The highest BCUT2D eigenvalue weighted by atomic mass is 16.5. The van der Waals surface area contributed by atoms with Gasteiger partial charge in [0, 0.05) is 32.1 Å². The van der Waals surface area contributed by atoms with Crippen LogP contribution in [0.5, 0.6) is 5.75 Å². The topological polar surface area (TPSA) is 44.8 Å². The molecule has 2 fully saturated rings. The molecule has 0 aromatic heterocycles. The molecule has 3 rings (SSSR count). The minimum atomic E-state index is 0.347. The van der Waals surface area contributed by atoms with E-state index in [4.69, 9.17) is 4.74 Å². The molecule has 0 saturated carbocycles. The summed E-state index contributed by atoms with van der Waals surface area (Å²) in [6, 6.07) is 8.57. The smallest absolute Gasteiger partial charge is 0.222 e. The van der Waals surface area contributed by atoms with Gasteiger partial charge in [0.25, 0.3) is 0 Å². The predicted molar refractivity (Wildman–Crippen MR) is 104 cm³/mol. The van der Waals surface area contributed by atoms with Crippen molar-refractivity contribution in [2.75, 3.05) is 39.8 Å². The van der Waals surface area contributed by atoms with Crippen molar-refractivity contribution in [2.45, 2.75) is 51.1 Å². The van der Waals surface area contributed by atoms with Crippen LogP contribution in [0.3, 0.4) is 0 Å². The third-order valence-corrected chi connectivity index (χ3v) is 5.68. The van der Waals surface area contributed by atoms with Crippen LogP contribution in [0.25, 0.3) is 0 Å². The summed E-state index contributed by atoms with van der Waals surface area (Å²) in [6.45, 7) is 6.13. The number of nitrogens with zero attached hydrogens (tertiary/aromatic N) is 2. The lowest BCUT2D eigenvalue weighted by atomic mass is 10.1. The quantitative estimate of drug-likeness (QED) is 0.689. The van der Waals surface area contributed by atoms with E-state index in [1.54, 1.807) is 7.11 Å². The Bertz CT molecular complexity index is 572. The first kappa shape index (κ1) is 19.2. The molecule has 1 atom stereocenters. The molecular weight excluding hydrogens is 326 g/mol. The predicted octanol–water partition coefficient (Wildman–Crippen LogP) is 2.65. The van der Waals surface area contributed by atoms with Gasteiger partial charge in [-0.3, -0.25) is 4.79 Å². The minimum Gasteiger partial charge on any atom is -0.497 e. The Morgan fingerprint density at radius 1 is 1.19 bits per heavy atom. The van der Waals surface area contributed by atoms with Crippen molar-refractivity contribution in [3.63, 3.8) is 0 Å². The second-order valence-electron chi connectivity index (χ2n) is 7.50. The fraction of sp³-hybridized carbons (Fsp3) is 0.667. The first-order valence-electron chi connectivity index (χ1n) is 10.1. The van der Waals surface area contributed by atoms with Gasteiger partial charge in [-0.15, -0.1) is 0 Å². The van der Waals surface area contributed by atoms with Gasteiger partial charge in [0.1, 0.15) is 5.75 Å². The summed E-state index contributed by atoms with van der Waals surface area (Å²) in [4.78, 5) is 16.9. The maximum absolute atomic E-state index is 12.3. The number of piperidine rings is 1. The molecule has 144 valence electrons. The summed E-state index contributed by atoms with van der Waals surface area (Å²) in [5, 5.41) is 3.52. The molecule has 26 heavy (non-hydrogen) atoms. The van der Waals surface area contributed by atoms with Gasteiger partial charge < -0.3 is 19.9 Å². The van der Waals surface area contributed by atoms with E-state index in [9.17, 15) is 4.79 Å². The maximum Gasteiger partial charge on any atom is 0.222 e. The number of likely N-dealkylation sites (tertiary alicyclic amines) is 2. The molecule has 1 amide bonds. The van der Waals surface area contributed by atoms with E-state index in [0.29, 0.717) is 11.9 Å². The summed E-state index contributed by atoms with van der Waals surface area (Å²) in [7, 11) is 1.70. The largest absolute Gasteiger partial charge is 0.497 e. The van der Waals surface area contributed by atoms with Crippen molar-refractivity contribution in [1.29, 1.82) is 0 Å². The zero-order valence-corrected chi connectivity index (χ0v) is 16.1. The van der Waals surface area contributed by atoms with Crippen LogP contribution in [0, 0.1) is 0 Å². The Hall–Kier alpha value is -1.59. The standard InChI is InChI=1S/C21H33N3O2/c1-26-20-7-5-6-18(16-20)17-22-11-10-19-8-9-21(25)24(19)15-14-23-12-3-2-4-13-23/h5-7,16,19,22H,2-4,8-15,17H2,1H3. The van der Waals surface area contributed by atoms with Gasteiger partial charge in [-0.25, -0.2) is 0 Å². The number of amides is 1. The molecule has 2 aliphatic heterocycles. The molecule has 0 aliphatic carbocycles. The normalized spacial score (nSPS) is 21.3. The van der Waals surface area contributed by atoms with Gasteiger partial charge in [0.2, 0.25) is 5.91 Å². The van der Waals surface area contributed by atoms with Crippen LogP contribution in [0.2, 0.25) is 0 Å². The van der Waals surface area contributed by atoms with Crippen molar-refractivity contribution in [2.24, 2.45) is 0 Å². The van der Waals surface area contributed by atoms with Gasteiger partial charge in [-0.1, -0.05) is 18.6 Å². The highest BCUT2D eigenvalue weighted by Crippen LogP contribution is 2.21. The molecule has 1 N–H and O–H groups in total. The van der Waals surface area contributed by atoms with Crippen molar-refractivity contribution in [3.05, 3.63) is 29.8 Å². The highest BCUT2D eigenvalue weighted by Gasteiger charge is 2.30. The summed E-state index contributed by atoms with van der Waals surface area (Å²) in [6.07, 6.45) is 6.76. The summed E-state index contributed by atoms with van der Waals surface area (Å²) < 4.78 is 5.27. The van der Waals surface area contributed by atoms with Crippen LogP contribution in [0.1, 0.15) is 44.1 Å². The molecule has 0 radical (unpaired) electrons. The number of rotatable bonds is 9. The maximum atomic E-state index is 12.3. The Kier molecular flexibility index (Phi) is 7.32. The summed E-state index contributed by atoms with van der Waals surface area (Å²) in [5.41, 5.74) is 1.23. The fourth-order valence-electron chi connectivity index (χ4n) is 4.12. The highest BCUT2D eigenvalue weighted by molar-refractivity contribution is 5.78. The lowest BCUT2D eigenvalue weighted by molar-refractivity contribution is -0.129. The lowest BCUT2D eigenvalue weighted by Gasteiger charge is -2.31. The number of benzene rings is 1. The number of hydrogen-bond acceptors (Lipinski definition) is 4. The molecule has 0 bridgehead atoms. The molecule has 1 aromatic rings. The van der Waals surface area contributed by atoms with Crippen molar-refractivity contribution >= 4 is 5.91 Å². The first-order chi connectivity index (χ1) is 12.8. The second-order valence-corrected chi connectivity index (χ2v) is 7.50. The van der Waals surface area contributed by atoms with Gasteiger partial charge in [0.05, 0.1) is 7.11 Å². The zero-order valence-electron chi connectivity index (χ0n) is 16.1. The van der Waals surface area contributed by atoms with Crippen molar-refractivity contribution < 1.29 is 9.53 Å². The number of carbonyl (C=O) groups excluding carboxylic acids is 1. The molecule has 1 aromatic carbocycles. The third-order valence-electron chi connectivity index (χ3n) is 5.68. The van der Waals surface area contributed by atoms with E-state index in [1.165, 1.54) is 37.9 Å². The average molecular weight is 360 g/mol. The number of hydrogen-bond donors (Lipinski definition) is 1. The van der Waals surface area contributed by atoms with Crippen LogP contribution in [0.4, 0.5) is 0 Å². The van der Waals surface area contributed by atoms with E-state index in [-0.39, 0.29) is 0 Å². The van der Waals surface area contributed by atoms with Gasteiger partial charge in [-0.05, 0) is 63.0 Å². The van der Waals surface area contributed by atoms with Gasteiger partial charge >= 0.3 is 0 Å². The molecule has 5 nitrogen and oxygen atoms in total. The van der Waals surface area contributed by atoms with E-state index in [2.05, 4.69) is 27.2 Å². The number of nitrogens with one attached hydrogen (secondary N) is 1. The molecule has 1 unspecified atom stereocenters. The SMILES string of the molecule is COc1cccc(CNCCC2CCC(=O)N2CCN2CCCCC2)c1. The molecule has 2 saturated heterocycles. The summed E-state index contributed by atoms with van der Waals surface area (Å²) >= 11 is 0. The molecular formula is C21H33N3O2.